The minimum absolute atomic E-state index is 0.0139. The zero-order valence-corrected chi connectivity index (χ0v) is 10.8. The van der Waals surface area contributed by atoms with Crippen LogP contribution in [0.3, 0.4) is 0 Å². The molecular formula is C10H20N4O4. The number of hydrogen-bond donors (Lipinski definition) is 1. The van der Waals surface area contributed by atoms with Gasteiger partial charge in [0.05, 0.1) is 10.6 Å². The standard InChI is InChI=1S/C10H20N4O4/c1-9(2)14(12-18)8-4-7-13(11-17)6-3-5-10(15)16/h9H,3-8H2,1-2H3,(H,15,16). The fourth-order valence-corrected chi connectivity index (χ4v) is 1.41. The first-order chi connectivity index (χ1) is 8.51. The van der Waals surface area contributed by atoms with Crippen LogP contribution in [0.1, 0.15) is 33.1 Å². The lowest BCUT2D eigenvalue weighted by Gasteiger charge is -2.20. The van der Waals surface area contributed by atoms with E-state index in [1.807, 2.05) is 13.8 Å². The van der Waals surface area contributed by atoms with E-state index in [1.165, 1.54) is 10.0 Å². The Labute approximate surface area is 106 Å². The van der Waals surface area contributed by atoms with Gasteiger partial charge in [0, 0.05) is 32.1 Å². The molecule has 0 amide bonds. The van der Waals surface area contributed by atoms with Gasteiger partial charge >= 0.3 is 5.97 Å². The van der Waals surface area contributed by atoms with Gasteiger partial charge in [0.15, 0.2) is 0 Å². The lowest BCUT2D eigenvalue weighted by Crippen LogP contribution is -2.29. The molecule has 0 aromatic heterocycles. The molecule has 0 aromatic carbocycles. The third-order valence-electron chi connectivity index (χ3n) is 2.43. The van der Waals surface area contributed by atoms with Gasteiger partial charge in [-0.15, -0.1) is 9.81 Å². The summed E-state index contributed by atoms with van der Waals surface area (Å²) in [6.07, 6.45) is 0.962. The number of nitrogens with zero attached hydrogens (tertiary/aromatic N) is 4. The van der Waals surface area contributed by atoms with Crippen molar-refractivity contribution in [3.05, 3.63) is 9.81 Å². The molecule has 0 radical (unpaired) electrons. The molecule has 0 aliphatic heterocycles. The van der Waals surface area contributed by atoms with Crippen LogP contribution in [0.15, 0.2) is 10.6 Å². The summed E-state index contributed by atoms with van der Waals surface area (Å²) in [6, 6.07) is 0.0205. The van der Waals surface area contributed by atoms with Crippen molar-refractivity contribution in [2.75, 3.05) is 19.6 Å². The summed E-state index contributed by atoms with van der Waals surface area (Å²) in [5, 5.41) is 16.8. The highest BCUT2D eigenvalue weighted by atomic mass is 16.4. The number of nitroso groups, excluding NO2 is 2. The maximum atomic E-state index is 10.5. The minimum atomic E-state index is -0.892. The highest BCUT2D eigenvalue weighted by molar-refractivity contribution is 5.66. The van der Waals surface area contributed by atoms with Crippen molar-refractivity contribution in [2.45, 2.75) is 39.2 Å². The lowest BCUT2D eigenvalue weighted by atomic mass is 10.3. The highest BCUT2D eigenvalue weighted by Gasteiger charge is 2.09. The van der Waals surface area contributed by atoms with Crippen molar-refractivity contribution in [1.82, 2.24) is 10.0 Å². The Balaban J connectivity index is 3.82. The Kier molecular flexibility index (Phi) is 8.42. The predicted molar refractivity (Wildman–Crippen MR) is 66.5 cm³/mol. The Hall–Kier alpha value is -1.73. The summed E-state index contributed by atoms with van der Waals surface area (Å²) in [4.78, 5) is 31.2. The lowest BCUT2D eigenvalue weighted by molar-refractivity contribution is -0.137. The van der Waals surface area contributed by atoms with Gasteiger partial charge in [0.25, 0.3) is 0 Å². The molecule has 8 nitrogen and oxygen atoms in total. The van der Waals surface area contributed by atoms with E-state index in [1.54, 1.807) is 0 Å². The average molecular weight is 260 g/mol. The first-order valence-electron chi connectivity index (χ1n) is 5.91. The summed E-state index contributed by atoms with van der Waals surface area (Å²) in [5.74, 6) is -0.892. The van der Waals surface area contributed by atoms with Gasteiger partial charge in [0.2, 0.25) is 0 Å². The Morgan fingerprint density at radius 1 is 1.11 bits per heavy atom. The van der Waals surface area contributed by atoms with Crippen LogP contribution in [0, 0.1) is 9.81 Å². The molecule has 0 aliphatic carbocycles. The fourth-order valence-electron chi connectivity index (χ4n) is 1.41. The van der Waals surface area contributed by atoms with E-state index in [9.17, 15) is 14.6 Å². The maximum Gasteiger partial charge on any atom is 0.303 e. The summed E-state index contributed by atoms with van der Waals surface area (Å²) in [6.45, 7) is 4.86. The zero-order valence-electron chi connectivity index (χ0n) is 10.8. The summed E-state index contributed by atoms with van der Waals surface area (Å²) < 4.78 is 0. The van der Waals surface area contributed by atoms with Gasteiger partial charge in [-0.3, -0.25) is 14.8 Å². The van der Waals surface area contributed by atoms with E-state index in [4.69, 9.17) is 5.11 Å². The van der Waals surface area contributed by atoms with E-state index in [0.717, 1.165) is 0 Å². The van der Waals surface area contributed by atoms with Crippen molar-refractivity contribution in [3.8, 4) is 0 Å². The molecule has 18 heavy (non-hydrogen) atoms. The van der Waals surface area contributed by atoms with E-state index in [0.29, 0.717) is 32.5 Å². The molecular weight excluding hydrogens is 240 g/mol. The Morgan fingerprint density at radius 3 is 2.17 bits per heavy atom. The predicted octanol–water partition coefficient (Wildman–Crippen LogP) is 1.62. The van der Waals surface area contributed by atoms with Crippen molar-refractivity contribution in [1.29, 1.82) is 0 Å². The number of rotatable bonds is 11. The molecule has 0 atom stereocenters. The van der Waals surface area contributed by atoms with Crippen molar-refractivity contribution in [3.63, 3.8) is 0 Å². The molecule has 1 N–H and O–H groups in total. The SMILES string of the molecule is CC(C)N(CCCN(CCCC(=O)O)N=O)N=O. The number of hydrogen-bond acceptors (Lipinski definition) is 5. The van der Waals surface area contributed by atoms with Crippen LogP contribution in [0.4, 0.5) is 0 Å². The van der Waals surface area contributed by atoms with Crippen LogP contribution in [-0.2, 0) is 4.79 Å². The van der Waals surface area contributed by atoms with Gasteiger partial charge in [0.1, 0.15) is 0 Å². The normalized spacial score (nSPS) is 10.2. The van der Waals surface area contributed by atoms with Crippen LogP contribution in [0.5, 0.6) is 0 Å². The van der Waals surface area contributed by atoms with Gasteiger partial charge in [-0.2, -0.15) is 0 Å². The molecule has 0 heterocycles. The van der Waals surface area contributed by atoms with Crippen LogP contribution >= 0.6 is 0 Å². The summed E-state index contributed by atoms with van der Waals surface area (Å²) >= 11 is 0. The Bertz CT molecular complexity index is 273. The average Bonchev–Trinajstić information content (AvgIpc) is 2.31. The molecule has 0 fully saturated rings. The van der Waals surface area contributed by atoms with Crippen LogP contribution < -0.4 is 0 Å². The molecule has 0 unspecified atom stereocenters. The van der Waals surface area contributed by atoms with Gasteiger partial charge in [-0.1, -0.05) is 0 Å². The summed E-state index contributed by atoms with van der Waals surface area (Å²) in [7, 11) is 0. The second-order valence-corrected chi connectivity index (χ2v) is 4.22. The minimum Gasteiger partial charge on any atom is -0.481 e. The monoisotopic (exact) mass is 260 g/mol. The van der Waals surface area contributed by atoms with Crippen LogP contribution in [0.2, 0.25) is 0 Å². The van der Waals surface area contributed by atoms with Crippen molar-refractivity contribution in [2.24, 2.45) is 10.6 Å². The number of carbonyl (C=O) groups is 1. The van der Waals surface area contributed by atoms with E-state index in [2.05, 4.69) is 10.6 Å². The maximum absolute atomic E-state index is 10.5. The molecule has 0 rings (SSSR count). The molecule has 8 heteroatoms. The number of carboxylic acid groups (broad SMARTS) is 1. The molecule has 0 saturated carbocycles. The number of aliphatic carboxylic acids is 1. The molecule has 0 spiro atoms. The van der Waals surface area contributed by atoms with Gasteiger partial charge < -0.3 is 5.11 Å². The molecule has 0 bridgehead atoms. The largest absolute Gasteiger partial charge is 0.481 e. The van der Waals surface area contributed by atoms with Crippen LogP contribution in [0.25, 0.3) is 0 Å². The van der Waals surface area contributed by atoms with Gasteiger partial charge in [-0.25, -0.2) is 0 Å². The van der Waals surface area contributed by atoms with E-state index in [-0.39, 0.29) is 12.5 Å². The van der Waals surface area contributed by atoms with Crippen LogP contribution in [-0.4, -0.2) is 46.8 Å². The van der Waals surface area contributed by atoms with E-state index < -0.39 is 5.97 Å². The topological polar surface area (TPSA) is 103 Å². The van der Waals surface area contributed by atoms with Crippen molar-refractivity contribution >= 4 is 5.97 Å². The second-order valence-electron chi connectivity index (χ2n) is 4.22. The molecule has 0 saturated heterocycles. The molecule has 0 aliphatic rings. The summed E-state index contributed by atoms with van der Waals surface area (Å²) in [5.41, 5.74) is 0. The first-order valence-corrected chi connectivity index (χ1v) is 5.91. The highest BCUT2D eigenvalue weighted by Crippen LogP contribution is 2.03. The molecule has 0 aromatic rings. The third-order valence-corrected chi connectivity index (χ3v) is 2.43. The Morgan fingerprint density at radius 2 is 1.72 bits per heavy atom. The second kappa shape index (κ2) is 9.32. The van der Waals surface area contributed by atoms with E-state index >= 15 is 0 Å². The zero-order chi connectivity index (χ0) is 14.0. The van der Waals surface area contributed by atoms with Crippen molar-refractivity contribution < 1.29 is 9.90 Å². The van der Waals surface area contributed by atoms with Gasteiger partial charge in [-0.05, 0) is 26.7 Å². The molecule has 104 valence electrons. The first kappa shape index (κ1) is 16.3. The third kappa shape index (κ3) is 7.53. The smallest absolute Gasteiger partial charge is 0.303 e. The quantitative estimate of drug-likeness (QED) is 0.447. The number of carboxylic acids is 1. The fraction of sp³-hybridized carbons (Fsp3) is 0.900.